The Morgan fingerprint density at radius 2 is 2.06 bits per heavy atom. The largest absolute Gasteiger partial charge is 0.506 e. The standard InChI is InChI=1S/C13H13NO3/c1-2-17-13(16)10-5-6-11(12(15)9-10)14-7-3-4-8-14/h3-9,15H,2H2,1H3. The molecule has 0 saturated heterocycles. The first-order chi connectivity index (χ1) is 8.22. The molecule has 4 nitrogen and oxygen atoms in total. The van der Waals surface area contributed by atoms with Gasteiger partial charge in [0.1, 0.15) is 5.75 Å². The molecule has 17 heavy (non-hydrogen) atoms. The number of aromatic nitrogens is 1. The van der Waals surface area contributed by atoms with Crippen molar-refractivity contribution >= 4 is 5.97 Å². The van der Waals surface area contributed by atoms with Crippen molar-refractivity contribution in [1.82, 2.24) is 4.57 Å². The van der Waals surface area contributed by atoms with Crippen LogP contribution in [0.2, 0.25) is 0 Å². The maximum absolute atomic E-state index is 11.5. The minimum Gasteiger partial charge on any atom is -0.506 e. The Labute approximate surface area is 99.1 Å². The summed E-state index contributed by atoms with van der Waals surface area (Å²) in [6, 6.07) is 8.44. The monoisotopic (exact) mass is 231 g/mol. The summed E-state index contributed by atoms with van der Waals surface area (Å²) in [7, 11) is 0. The number of benzene rings is 1. The Bertz CT molecular complexity index is 517. The highest BCUT2D eigenvalue weighted by Gasteiger charge is 2.10. The van der Waals surface area contributed by atoms with E-state index in [0.717, 1.165) is 0 Å². The first-order valence-corrected chi connectivity index (χ1v) is 5.36. The van der Waals surface area contributed by atoms with Crippen molar-refractivity contribution in [3.8, 4) is 11.4 Å². The highest BCUT2D eigenvalue weighted by molar-refractivity contribution is 5.90. The van der Waals surface area contributed by atoms with Crippen molar-refractivity contribution in [2.45, 2.75) is 6.92 Å². The molecule has 88 valence electrons. The second-order valence-corrected chi connectivity index (χ2v) is 3.51. The summed E-state index contributed by atoms with van der Waals surface area (Å²) in [5, 5.41) is 9.85. The van der Waals surface area contributed by atoms with Crippen molar-refractivity contribution in [2.24, 2.45) is 0 Å². The molecule has 0 saturated carbocycles. The van der Waals surface area contributed by atoms with E-state index in [1.807, 2.05) is 24.5 Å². The van der Waals surface area contributed by atoms with Gasteiger partial charge in [-0.3, -0.25) is 0 Å². The minimum absolute atomic E-state index is 0.0479. The van der Waals surface area contributed by atoms with Gasteiger partial charge in [0.05, 0.1) is 17.9 Å². The number of carbonyl (C=O) groups excluding carboxylic acids is 1. The van der Waals surface area contributed by atoms with E-state index in [-0.39, 0.29) is 5.75 Å². The molecular weight excluding hydrogens is 218 g/mol. The molecule has 0 aliphatic rings. The lowest BCUT2D eigenvalue weighted by molar-refractivity contribution is 0.0526. The number of hydrogen-bond donors (Lipinski definition) is 1. The quantitative estimate of drug-likeness (QED) is 0.825. The molecule has 0 fully saturated rings. The first-order valence-electron chi connectivity index (χ1n) is 5.36. The number of carbonyl (C=O) groups is 1. The lowest BCUT2D eigenvalue weighted by Crippen LogP contribution is -2.04. The van der Waals surface area contributed by atoms with Gasteiger partial charge < -0.3 is 14.4 Å². The van der Waals surface area contributed by atoms with Crippen LogP contribution in [0.15, 0.2) is 42.7 Å². The summed E-state index contributed by atoms with van der Waals surface area (Å²) in [4.78, 5) is 11.5. The van der Waals surface area contributed by atoms with E-state index >= 15 is 0 Å². The van der Waals surface area contributed by atoms with Gasteiger partial charge in [0.25, 0.3) is 0 Å². The van der Waals surface area contributed by atoms with Gasteiger partial charge in [-0.05, 0) is 37.3 Å². The zero-order chi connectivity index (χ0) is 12.3. The average Bonchev–Trinajstić information content (AvgIpc) is 2.82. The van der Waals surface area contributed by atoms with Gasteiger partial charge >= 0.3 is 5.97 Å². The Kier molecular flexibility index (Phi) is 3.14. The topological polar surface area (TPSA) is 51.5 Å². The third-order valence-corrected chi connectivity index (χ3v) is 2.37. The molecule has 2 rings (SSSR count). The summed E-state index contributed by atoms with van der Waals surface area (Å²) in [5.41, 5.74) is 0.975. The normalized spacial score (nSPS) is 10.2. The van der Waals surface area contributed by atoms with Crippen LogP contribution in [0.5, 0.6) is 5.75 Å². The summed E-state index contributed by atoms with van der Waals surface area (Å²) in [5.74, 6) is -0.381. The summed E-state index contributed by atoms with van der Waals surface area (Å²) in [6.07, 6.45) is 3.64. The van der Waals surface area contributed by atoms with Crippen LogP contribution < -0.4 is 0 Å². The Balaban J connectivity index is 2.32. The summed E-state index contributed by atoms with van der Waals surface area (Å²) < 4.78 is 6.62. The molecule has 1 heterocycles. The van der Waals surface area contributed by atoms with Gasteiger partial charge in [-0.1, -0.05) is 0 Å². The molecule has 0 spiro atoms. The lowest BCUT2D eigenvalue weighted by atomic mass is 10.2. The molecule has 0 amide bonds. The number of rotatable bonds is 3. The molecular formula is C13H13NO3. The average molecular weight is 231 g/mol. The molecule has 1 N–H and O–H groups in total. The Morgan fingerprint density at radius 3 is 2.65 bits per heavy atom. The molecule has 2 aromatic rings. The highest BCUT2D eigenvalue weighted by atomic mass is 16.5. The van der Waals surface area contributed by atoms with Crippen molar-refractivity contribution in [3.05, 3.63) is 48.3 Å². The van der Waals surface area contributed by atoms with Crippen LogP contribution >= 0.6 is 0 Å². The smallest absolute Gasteiger partial charge is 0.338 e. The van der Waals surface area contributed by atoms with E-state index in [1.54, 1.807) is 23.6 Å². The molecule has 0 atom stereocenters. The second kappa shape index (κ2) is 4.74. The van der Waals surface area contributed by atoms with Crippen LogP contribution in [0.25, 0.3) is 5.69 Å². The van der Waals surface area contributed by atoms with Crippen molar-refractivity contribution in [1.29, 1.82) is 0 Å². The number of phenols is 1. The van der Waals surface area contributed by atoms with E-state index in [9.17, 15) is 9.90 Å². The van der Waals surface area contributed by atoms with E-state index in [2.05, 4.69) is 0 Å². The van der Waals surface area contributed by atoms with Gasteiger partial charge in [0, 0.05) is 12.4 Å². The molecule has 0 radical (unpaired) electrons. The molecule has 0 aliphatic carbocycles. The number of aromatic hydroxyl groups is 1. The van der Waals surface area contributed by atoms with Gasteiger partial charge in [-0.25, -0.2) is 4.79 Å². The van der Waals surface area contributed by atoms with Crippen molar-refractivity contribution in [2.75, 3.05) is 6.61 Å². The lowest BCUT2D eigenvalue weighted by Gasteiger charge is -2.07. The fourth-order valence-electron chi connectivity index (χ4n) is 1.58. The first kappa shape index (κ1) is 11.3. The Morgan fingerprint density at radius 1 is 1.35 bits per heavy atom. The molecule has 0 unspecified atom stereocenters. The Hall–Kier alpha value is -2.23. The number of ether oxygens (including phenoxy) is 1. The minimum atomic E-state index is -0.429. The van der Waals surface area contributed by atoms with Gasteiger partial charge in [0.15, 0.2) is 0 Å². The van der Waals surface area contributed by atoms with E-state index in [1.165, 1.54) is 6.07 Å². The zero-order valence-corrected chi connectivity index (χ0v) is 9.46. The van der Waals surface area contributed by atoms with Gasteiger partial charge in [-0.15, -0.1) is 0 Å². The van der Waals surface area contributed by atoms with Crippen LogP contribution in [0, 0.1) is 0 Å². The SMILES string of the molecule is CCOC(=O)c1ccc(-n2cccc2)c(O)c1. The van der Waals surface area contributed by atoms with Gasteiger partial charge in [0.2, 0.25) is 0 Å². The van der Waals surface area contributed by atoms with Gasteiger partial charge in [-0.2, -0.15) is 0 Å². The highest BCUT2D eigenvalue weighted by Crippen LogP contribution is 2.23. The second-order valence-electron chi connectivity index (χ2n) is 3.51. The molecule has 1 aromatic carbocycles. The molecule has 0 aliphatic heterocycles. The third-order valence-electron chi connectivity index (χ3n) is 2.37. The maximum Gasteiger partial charge on any atom is 0.338 e. The van der Waals surface area contributed by atoms with Crippen LogP contribution in [0.4, 0.5) is 0 Å². The molecule has 0 bridgehead atoms. The predicted molar refractivity (Wildman–Crippen MR) is 63.4 cm³/mol. The third kappa shape index (κ3) is 2.30. The fourth-order valence-corrected chi connectivity index (χ4v) is 1.58. The maximum atomic E-state index is 11.5. The van der Waals surface area contributed by atoms with Crippen LogP contribution in [-0.4, -0.2) is 22.2 Å². The van der Waals surface area contributed by atoms with E-state index < -0.39 is 5.97 Å². The van der Waals surface area contributed by atoms with E-state index in [4.69, 9.17) is 4.74 Å². The summed E-state index contributed by atoms with van der Waals surface area (Å²) >= 11 is 0. The van der Waals surface area contributed by atoms with Crippen LogP contribution in [0.1, 0.15) is 17.3 Å². The fraction of sp³-hybridized carbons (Fsp3) is 0.154. The number of esters is 1. The van der Waals surface area contributed by atoms with Crippen molar-refractivity contribution < 1.29 is 14.6 Å². The molecule has 4 heteroatoms. The van der Waals surface area contributed by atoms with Crippen LogP contribution in [-0.2, 0) is 4.74 Å². The predicted octanol–water partition coefficient (Wildman–Crippen LogP) is 2.36. The van der Waals surface area contributed by atoms with Crippen molar-refractivity contribution in [3.63, 3.8) is 0 Å². The zero-order valence-electron chi connectivity index (χ0n) is 9.46. The van der Waals surface area contributed by atoms with E-state index in [0.29, 0.717) is 17.9 Å². The summed E-state index contributed by atoms with van der Waals surface area (Å²) in [6.45, 7) is 2.06. The number of hydrogen-bond acceptors (Lipinski definition) is 3. The van der Waals surface area contributed by atoms with Crippen LogP contribution in [0.3, 0.4) is 0 Å². The number of phenolic OH excluding ortho intramolecular Hbond substituents is 1. The molecule has 1 aromatic heterocycles. The number of nitrogens with zero attached hydrogens (tertiary/aromatic N) is 1.